The van der Waals surface area contributed by atoms with Gasteiger partial charge in [0.15, 0.2) is 11.0 Å². The van der Waals surface area contributed by atoms with E-state index in [0.717, 1.165) is 40.3 Å². The van der Waals surface area contributed by atoms with Crippen molar-refractivity contribution in [2.75, 3.05) is 19.0 Å². The third-order valence-corrected chi connectivity index (χ3v) is 6.71. The first-order valence-corrected chi connectivity index (χ1v) is 12.3. The van der Waals surface area contributed by atoms with Crippen LogP contribution in [0.1, 0.15) is 36.2 Å². The van der Waals surface area contributed by atoms with Crippen molar-refractivity contribution in [1.82, 2.24) is 19.7 Å². The summed E-state index contributed by atoms with van der Waals surface area (Å²) in [6, 6.07) is 15.3. The van der Waals surface area contributed by atoms with Crippen LogP contribution in [0.15, 0.2) is 59.9 Å². The topological polar surface area (TPSA) is 102 Å². The van der Waals surface area contributed by atoms with Crippen LogP contribution < -0.4 is 4.74 Å². The van der Waals surface area contributed by atoms with Gasteiger partial charge in [-0.3, -0.25) is 4.57 Å². The lowest BCUT2D eigenvalue weighted by Gasteiger charge is -2.13. The summed E-state index contributed by atoms with van der Waals surface area (Å²) in [5.41, 5.74) is 2.58. The molecule has 1 saturated carbocycles. The summed E-state index contributed by atoms with van der Waals surface area (Å²) in [5.74, 6) is 1.51. The Kier molecular flexibility index (Phi) is 6.55. The molecule has 34 heavy (non-hydrogen) atoms. The lowest BCUT2D eigenvalue weighted by molar-refractivity contribution is 0.0526. The molecule has 1 atom stereocenters. The summed E-state index contributed by atoms with van der Waals surface area (Å²) in [4.78, 5) is 15.1. The molecule has 2 aromatic carbocycles. The number of thioether (sulfide) groups is 1. The van der Waals surface area contributed by atoms with E-state index in [9.17, 15) is 9.90 Å². The molecule has 0 aliphatic heterocycles. The van der Waals surface area contributed by atoms with Gasteiger partial charge in [0.2, 0.25) is 0 Å². The van der Waals surface area contributed by atoms with E-state index in [4.69, 9.17) is 9.47 Å². The summed E-state index contributed by atoms with van der Waals surface area (Å²) in [6.45, 7) is 2.24. The monoisotopic (exact) mass is 478 g/mol. The zero-order valence-corrected chi connectivity index (χ0v) is 19.6. The van der Waals surface area contributed by atoms with E-state index in [1.54, 1.807) is 31.2 Å². The van der Waals surface area contributed by atoms with Gasteiger partial charge < -0.3 is 19.6 Å². The normalized spacial score (nSPS) is 14.3. The number of nitrogens with zero attached hydrogens (tertiary/aromatic N) is 3. The van der Waals surface area contributed by atoms with Crippen molar-refractivity contribution in [2.24, 2.45) is 0 Å². The number of fused-ring (bicyclic) bond motifs is 1. The molecule has 9 heteroatoms. The van der Waals surface area contributed by atoms with Crippen LogP contribution in [0.5, 0.6) is 5.75 Å². The van der Waals surface area contributed by atoms with Crippen LogP contribution in [-0.4, -0.2) is 55.9 Å². The molecule has 0 spiro atoms. The zero-order chi connectivity index (χ0) is 23.5. The van der Waals surface area contributed by atoms with E-state index in [2.05, 4.69) is 25.8 Å². The Morgan fingerprint density at radius 2 is 2.00 bits per heavy atom. The number of carbonyl (C=O) groups is 1. The molecular weight excluding hydrogens is 452 g/mol. The molecule has 0 bridgehead atoms. The number of benzene rings is 2. The third-order valence-electron chi connectivity index (χ3n) is 5.62. The molecule has 1 aliphatic carbocycles. The second-order valence-corrected chi connectivity index (χ2v) is 9.16. The summed E-state index contributed by atoms with van der Waals surface area (Å²) in [5, 5.41) is 21.3. The van der Waals surface area contributed by atoms with Crippen LogP contribution in [0, 0.1) is 0 Å². The first kappa shape index (κ1) is 22.5. The quantitative estimate of drug-likeness (QED) is 0.256. The van der Waals surface area contributed by atoms with Gasteiger partial charge in [0.05, 0.1) is 18.3 Å². The van der Waals surface area contributed by atoms with Gasteiger partial charge in [-0.25, -0.2) is 4.79 Å². The van der Waals surface area contributed by atoms with Crippen molar-refractivity contribution in [3.8, 4) is 17.1 Å². The van der Waals surface area contributed by atoms with E-state index < -0.39 is 6.10 Å². The summed E-state index contributed by atoms with van der Waals surface area (Å²) < 4.78 is 12.9. The first-order valence-electron chi connectivity index (χ1n) is 11.4. The van der Waals surface area contributed by atoms with Crippen LogP contribution >= 0.6 is 11.8 Å². The predicted molar refractivity (Wildman–Crippen MR) is 130 cm³/mol. The maximum Gasteiger partial charge on any atom is 0.338 e. The maximum absolute atomic E-state index is 11.7. The van der Waals surface area contributed by atoms with Gasteiger partial charge in [-0.1, -0.05) is 30.0 Å². The molecule has 1 aliphatic rings. The molecule has 2 aromatic heterocycles. The van der Waals surface area contributed by atoms with Gasteiger partial charge in [-0.2, -0.15) is 0 Å². The van der Waals surface area contributed by atoms with Gasteiger partial charge in [0.25, 0.3) is 0 Å². The molecule has 4 aromatic rings. The number of aromatic nitrogens is 4. The molecule has 2 N–H and O–H groups in total. The average Bonchev–Trinajstić information content (AvgIpc) is 3.47. The van der Waals surface area contributed by atoms with Crippen molar-refractivity contribution >= 4 is 28.6 Å². The Bertz CT molecular complexity index is 1280. The number of hydrogen-bond acceptors (Lipinski definition) is 7. The van der Waals surface area contributed by atoms with Crippen molar-refractivity contribution in [3.63, 3.8) is 0 Å². The number of esters is 1. The minimum Gasteiger partial charge on any atom is -0.491 e. The highest BCUT2D eigenvalue weighted by atomic mass is 32.2. The summed E-state index contributed by atoms with van der Waals surface area (Å²) in [7, 11) is 0. The number of aliphatic hydroxyl groups excluding tert-OH is 1. The Hall–Kier alpha value is -3.30. The minimum absolute atomic E-state index is 0.138. The maximum atomic E-state index is 11.7. The molecule has 2 heterocycles. The van der Waals surface area contributed by atoms with Crippen LogP contribution in [0.2, 0.25) is 0 Å². The predicted octanol–water partition coefficient (Wildman–Crippen LogP) is 4.47. The summed E-state index contributed by atoms with van der Waals surface area (Å²) in [6.07, 6.45) is 3.51. The number of carbonyl (C=O) groups excluding carboxylic acids is 1. The van der Waals surface area contributed by atoms with Gasteiger partial charge in [0.1, 0.15) is 12.4 Å². The molecular formula is C25H26N4O4S. The number of ether oxygens (including phenoxy) is 2. The Labute approximate surface area is 201 Å². The zero-order valence-electron chi connectivity index (χ0n) is 18.8. The molecule has 8 nitrogen and oxygen atoms in total. The molecule has 176 valence electrons. The minimum atomic E-state index is -0.685. The highest BCUT2D eigenvalue weighted by molar-refractivity contribution is 7.99. The van der Waals surface area contributed by atoms with Gasteiger partial charge in [-0.15, -0.1) is 10.2 Å². The number of rotatable bonds is 10. The Morgan fingerprint density at radius 3 is 2.76 bits per heavy atom. The van der Waals surface area contributed by atoms with Crippen molar-refractivity contribution in [3.05, 3.63) is 60.3 Å². The SMILES string of the molecule is CCOC(=O)c1ccc(OCC(O)CSc2nnc(-c3c[nH]c4ccccc34)n2C2CC2)cc1. The fourth-order valence-corrected chi connectivity index (χ4v) is 4.70. The highest BCUT2D eigenvalue weighted by Gasteiger charge is 2.31. The van der Waals surface area contributed by atoms with Crippen LogP contribution in [0.3, 0.4) is 0 Å². The largest absolute Gasteiger partial charge is 0.491 e. The van der Waals surface area contributed by atoms with Crippen LogP contribution in [0.25, 0.3) is 22.3 Å². The second kappa shape index (κ2) is 9.90. The van der Waals surface area contributed by atoms with E-state index in [1.807, 2.05) is 24.4 Å². The molecule has 5 rings (SSSR count). The van der Waals surface area contributed by atoms with E-state index in [1.165, 1.54) is 11.8 Å². The Morgan fingerprint density at radius 1 is 1.21 bits per heavy atom. The van der Waals surface area contributed by atoms with E-state index >= 15 is 0 Å². The summed E-state index contributed by atoms with van der Waals surface area (Å²) >= 11 is 1.48. The molecule has 0 radical (unpaired) electrons. The number of aliphatic hydroxyl groups is 1. The third kappa shape index (κ3) is 4.80. The lowest BCUT2D eigenvalue weighted by Crippen LogP contribution is -2.20. The molecule has 0 saturated heterocycles. The standard InChI is InChI=1S/C25H26N4O4S/c1-2-32-24(31)16-7-11-19(12-8-16)33-14-18(30)15-34-25-28-27-23(29(25)17-9-10-17)21-13-26-22-6-4-3-5-20(21)22/h3-8,11-13,17-18,26,30H,2,9-10,14-15H2,1H3. The number of H-pyrrole nitrogens is 1. The van der Waals surface area contributed by atoms with Crippen molar-refractivity contribution in [2.45, 2.75) is 37.1 Å². The van der Waals surface area contributed by atoms with Crippen molar-refractivity contribution < 1.29 is 19.4 Å². The smallest absolute Gasteiger partial charge is 0.338 e. The molecule has 0 amide bonds. The lowest BCUT2D eigenvalue weighted by atomic mass is 10.1. The number of nitrogens with one attached hydrogen (secondary N) is 1. The number of para-hydroxylation sites is 1. The average molecular weight is 479 g/mol. The molecule has 1 fully saturated rings. The fourth-order valence-electron chi connectivity index (χ4n) is 3.79. The number of aromatic amines is 1. The Balaban J connectivity index is 1.21. The first-order chi connectivity index (χ1) is 16.6. The van der Waals surface area contributed by atoms with Gasteiger partial charge in [-0.05, 0) is 50.1 Å². The molecule has 1 unspecified atom stereocenters. The van der Waals surface area contributed by atoms with Crippen molar-refractivity contribution in [1.29, 1.82) is 0 Å². The van der Waals surface area contributed by atoms with Crippen LogP contribution in [-0.2, 0) is 4.74 Å². The second-order valence-electron chi connectivity index (χ2n) is 8.18. The van der Waals surface area contributed by atoms with Crippen LogP contribution in [0.4, 0.5) is 0 Å². The van der Waals surface area contributed by atoms with E-state index in [0.29, 0.717) is 29.7 Å². The fraction of sp³-hybridized carbons (Fsp3) is 0.320. The van der Waals surface area contributed by atoms with Gasteiger partial charge >= 0.3 is 5.97 Å². The van der Waals surface area contributed by atoms with Gasteiger partial charge in [0, 0.05) is 34.5 Å². The highest BCUT2D eigenvalue weighted by Crippen LogP contribution is 2.42. The number of hydrogen-bond donors (Lipinski definition) is 2. The van der Waals surface area contributed by atoms with E-state index in [-0.39, 0.29) is 12.6 Å².